The number of rotatable bonds is 65. The van der Waals surface area contributed by atoms with Gasteiger partial charge in [0, 0.05) is 19.3 Å². The maximum atomic E-state index is 12.9. The highest BCUT2D eigenvalue weighted by Gasteiger charge is 2.19. The van der Waals surface area contributed by atoms with Gasteiger partial charge in [-0.05, 0) is 57.8 Å². The number of allylic oxidation sites excluding steroid dienone is 6. The molecule has 6 nitrogen and oxygen atoms in total. The van der Waals surface area contributed by atoms with E-state index >= 15 is 0 Å². The van der Waals surface area contributed by atoms with Crippen molar-refractivity contribution in [3.05, 3.63) is 36.5 Å². The molecular formula is C72H134O6. The molecule has 0 bridgehead atoms. The van der Waals surface area contributed by atoms with Crippen LogP contribution in [0.1, 0.15) is 387 Å². The minimum atomic E-state index is -0.776. The van der Waals surface area contributed by atoms with Gasteiger partial charge in [-0.2, -0.15) is 0 Å². The monoisotopic (exact) mass is 1100 g/mol. The van der Waals surface area contributed by atoms with E-state index in [-0.39, 0.29) is 31.1 Å². The summed E-state index contributed by atoms with van der Waals surface area (Å²) < 4.78 is 16.9. The zero-order valence-electron chi connectivity index (χ0n) is 52.7. The Balaban J connectivity index is 4.13. The topological polar surface area (TPSA) is 78.9 Å². The van der Waals surface area contributed by atoms with Crippen LogP contribution in [0.25, 0.3) is 0 Å². The molecule has 1 unspecified atom stereocenters. The van der Waals surface area contributed by atoms with Crippen LogP contribution in [-0.4, -0.2) is 37.2 Å². The van der Waals surface area contributed by atoms with E-state index in [4.69, 9.17) is 14.2 Å². The summed E-state index contributed by atoms with van der Waals surface area (Å²) in [6, 6.07) is 0. The van der Waals surface area contributed by atoms with Gasteiger partial charge in [-0.1, -0.05) is 346 Å². The van der Waals surface area contributed by atoms with Crippen LogP contribution in [0.5, 0.6) is 0 Å². The fourth-order valence-electron chi connectivity index (χ4n) is 10.6. The van der Waals surface area contributed by atoms with Gasteiger partial charge in [0.15, 0.2) is 6.10 Å². The lowest BCUT2D eigenvalue weighted by Gasteiger charge is -2.18. The van der Waals surface area contributed by atoms with E-state index in [1.54, 1.807) is 0 Å². The molecule has 0 heterocycles. The highest BCUT2D eigenvalue weighted by Crippen LogP contribution is 2.19. The predicted molar refractivity (Wildman–Crippen MR) is 339 cm³/mol. The molecule has 458 valence electrons. The van der Waals surface area contributed by atoms with Gasteiger partial charge in [0.25, 0.3) is 0 Å². The van der Waals surface area contributed by atoms with Crippen LogP contribution in [0, 0.1) is 0 Å². The molecule has 0 rings (SSSR count). The van der Waals surface area contributed by atoms with Crippen LogP contribution in [-0.2, 0) is 28.6 Å². The summed E-state index contributed by atoms with van der Waals surface area (Å²) in [6.07, 6.45) is 83.3. The molecule has 0 aromatic rings. The van der Waals surface area contributed by atoms with Gasteiger partial charge in [-0.15, -0.1) is 0 Å². The summed E-state index contributed by atoms with van der Waals surface area (Å²) in [5.74, 6) is -0.860. The van der Waals surface area contributed by atoms with E-state index in [1.807, 2.05) is 0 Å². The van der Waals surface area contributed by atoms with Crippen molar-refractivity contribution in [2.24, 2.45) is 0 Å². The van der Waals surface area contributed by atoms with Crippen LogP contribution in [0.3, 0.4) is 0 Å². The third-order valence-electron chi connectivity index (χ3n) is 15.9. The number of unbranched alkanes of at least 4 members (excludes halogenated alkanes) is 48. The van der Waals surface area contributed by atoms with Crippen LogP contribution in [0.2, 0.25) is 0 Å². The van der Waals surface area contributed by atoms with E-state index < -0.39 is 6.10 Å². The van der Waals surface area contributed by atoms with Crippen LogP contribution in [0.4, 0.5) is 0 Å². The van der Waals surface area contributed by atoms with E-state index in [0.29, 0.717) is 19.3 Å². The first-order valence-corrected chi connectivity index (χ1v) is 35.0. The number of ether oxygens (including phenoxy) is 3. The van der Waals surface area contributed by atoms with Crippen molar-refractivity contribution in [3.8, 4) is 0 Å². The van der Waals surface area contributed by atoms with Gasteiger partial charge in [-0.3, -0.25) is 14.4 Å². The number of hydrogen-bond acceptors (Lipinski definition) is 6. The van der Waals surface area contributed by atoms with Crippen LogP contribution >= 0.6 is 0 Å². The Morgan fingerprint density at radius 1 is 0.256 bits per heavy atom. The van der Waals surface area contributed by atoms with Crippen molar-refractivity contribution in [2.75, 3.05) is 13.2 Å². The van der Waals surface area contributed by atoms with Crippen molar-refractivity contribution in [3.63, 3.8) is 0 Å². The van der Waals surface area contributed by atoms with Gasteiger partial charge >= 0.3 is 17.9 Å². The highest BCUT2D eigenvalue weighted by atomic mass is 16.6. The molecule has 0 N–H and O–H groups in total. The van der Waals surface area contributed by atoms with E-state index in [2.05, 4.69) is 57.2 Å². The molecular weight excluding hydrogens is 961 g/mol. The fraction of sp³-hybridized carbons (Fsp3) is 0.875. The Morgan fingerprint density at radius 2 is 0.462 bits per heavy atom. The molecule has 0 aromatic carbocycles. The van der Waals surface area contributed by atoms with Crippen LogP contribution in [0.15, 0.2) is 36.5 Å². The zero-order chi connectivity index (χ0) is 56.4. The molecule has 6 heteroatoms. The lowest BCUT2D eigenvalue weighted by atomic mass is 10.0. The normalized spacial score (nSPS) is 12.2. The SMILES string of the molecule is CCCCC/C=C\C/C=C\C/C=C\CCCCCCCCC(=O)OC(COC(=O)CCCCCCCCCCCCC)COC(=O)CCCCCCCCCCCCCCCCCCCCCCCCCCCCCCCC. The number of carbonyl (C=O) groups is 3. The molecule has 0 aliphatic heterocycles. The molecule has 0 saturated heterocycles. The first-order chi connectivity index (χ1) is 38.5. The highest BCUT2D eigenvalue weighted by molar-refractivity contribution is 5.71. The molecule has 1 atom stereocenters. The van der Waals surface area contributed by atoms with Gasteiger partial charge in [-0.25, -0.2) is 0 Å². The lowest BCUT2D eigenvalue weighted by Crippen LogP contribution is -2.30. The Kier molecular flexibility index (Phi) is 65.1. The molecule has 0 saturated carbocycles. The third kappa shape index (κ3) is 64.5. The summed E-state index contributed by atoms with van der Waals surface area (Å²) >= 11 is 0. The molecule has 0 spiro atoms. The number of hydrogen-bond donors (Lipinski definition) is 0. The fourth-order valence-corrected chi connectivity index (χ4v) is 10.6. The maximum absolute atomic E-state index is 12.9. The third-order valence-corrected chi connectivity index (χ3v) is 15.9. The smallest absolute Gasteiger partial charge is 0.306 e. The maximum Gasteiger partial charge on any atom is 0.306 e. The minimum absolute atomic E-state index is 0.0723. The van der Waals surface area contributed by atoms with Gasteiger partial charge < -0.3 is 14.2 Å². The van der Waals surface area contributed by atoms with Crippen molar-refractivity contribution in [1.82, 2.24) is 0 Å². The molecule has 0 radical (unpaired) electrons. The minimum Gasteiger partial charge on any atom is -0.462 e. The summed E-state index contributed by atoms with van der Waals surface area (Å²) in [5.41, 5.74) is 0. The second kappa shape index (κ2) is 67.1. The summed E-state index contributed by atoms with van der Waals surface area (Å²) in [6.45, 7) is 6.66. The Bertz CT molecular complexity index is 1300. The second-order valence-corrected chi connectivity index (χ2v) is 23.8. The molecule has 0 aliphatic carbocycles. The molecule has 0 amide bonds. The Hall–Kier alpha value is -2.37. The average molecular weight is 1100 g/mol. The standard InChI is InChI=1S/C72H134O6/c1-4-7-10-13-16-19-22-24-26-28-30-31-32-33-34-35-36-37-38-39-40-42-43-45-47-50-53-56-59-62-65-71(74)77-68-69(67-76-70(73)64-61-58-55-52-49-21-18-15-12-9-6-3)78-72(75)66-63-60-57-54-51-48-46-44-41-29-27-25-23-20-17-14-11-8-5-2/h17,20,25,27,41,44,69H,4-16,18-19,21-24,26,28-40,42-43,45-68H2,1-3H3/b20-17-,27-25-,44-41-. The van der Waals surface area contributed by atoms with E-state index in [1.165, 1.54) is 270 Å². The quantitative estimate of drug-likeness (QED) is 0.0261. The summed E-state index contributed by atoms with van der Waals surface area (Å²) in [5, 5.41) is 0. The number of carbonyl (C=O) groups excluding carboxylic acids is 3. The van der Waals surface area contributed by atoms with E-state index in [9.17, 15) is 14.4 Å². The molecule has 78 heavy (non-hydrogen) atoms. The second-order valence-electron chi connectivity index (χ2n) is 23.8. The van der Waals surface area contributed by atoms with Gasteiger partial charge in [0.1, 0.15) is 13.2 Å². The Morgan fingerprint density at radius 3 is 0.744 bits per heavy atom. The van der Waals surface area contributed by atoms with Crippen molar-refractivity contribution >= 4 is 17.9 Å². The van der Waals surface area contributed by atoms with Crippen LogP contribution < -0.4 is 0 Å². The van der Waals surface area contributed by atoms with E-state index in [0.717, 1.165) is 77.0 Å². The predicted octanol–water partition coefficient (Wildman–Crippen LogP) is 23.9. The lowest BCUT2D eigenvalue weighted by molar-refractivity contribution is -0.167. The van der Waals surface area contributed by atoms with Crippen molar-refractivity contribution in [2.45, 2.75) is 393 Å². The Labute approximate surface area is 486 Å². The van der Waals surface area contributed by atoms with Gasteiger partial charge in [0.05, 0.1) is 0 Å². The van der Waals surface area contributed by atoms with Crippen molar-refractivity contribution in [1.29, 1.82) is 0 Å². The van der Waals surface area contributed by atoms with Gasteiger partial charge in [0.2, 0.25) is 0 Å². The average Bonchev–Trinajstić information content (AvgIpc) is 3.44. The van der Waals surface area contributed by atoms with Crippen molar-refractivity contribution < 1.29 is 28.6 Å². The largest absolute Gasteiger partial charge is 0.462 e. The first-order valence-electron chi connectivity index (χ1n) is 35.0. The molecule has 0 aromatic heterocycles. The number of esters is 3. The first kappa shape index (κ1) is 75.6. The summed E-state index contributed by atoms with van der Waals surface area (Å²) in [7, 11) is 0. The zero-order valence-corrected chi connectivity index (χ0v) is 52.7. The molecule has 0 fully saturated rings. The molecule has 0 aliphatic rings. The summed E-state index contributed by atoms with van der Waals surface area (Å²) in [4.78, 5) is 38.3.